The number of hydrogen-bond donors (Lipinski definition) is 1. The van der Waals surface area contributed by atoms with Gasteiger partial charge in [0, 0.05) is 25.2 Å². The molecule has 2 nitrogen and oxygen atoms in total. The molecule has 1 saturated carbocycles. The first-order chi connectivity index (χ1) is 6.83. The van der Waals surface area contributed by atoms with Crippen molar-refractivity contribution >= 4 is 0 Å². The first kappa shape index (κ1) is 11.7. The van der Waals surface area contributed by atoms with Gasteiger partial charge in [0.1, 0.15) is 0 Å². The Bertz CT molecular complexity index is 164. The Kier molecular flexibility index (Phi) is 5.20. The normalized spacial score (nSPS) is 18.5. The number of hydrogen-bond acceptors (Lipinski definition) is 2. The first-order valence-corrected chi connectivity index (χ1v) is 5.90. The summed E-state index contributed by atoms with van der Waals surface area (Å²) >= 11 is 0. The zero-order valence-corrected chi connectivity index (χ0v) is 9.63. The number of nitrogens with zero attached hydrogens (tertiary/aromatic N) is 1. The Hall–Kier alpha value is -0.340. The van der Waals surface area contributed by atoms with E-state index in [2.05, 4.69) is 30.6 Å². The lowest BCUT2D eigenvalue weighted by Gasteiger charge is -2.30. The maximum absolute atomic E-state index is 3.85. The van der Waals surface area contributed by atoms with Crippen LogP contribution in [0.4, 0.5) is 0 Å². The molecular formula is C12H24N2. The molecule has 1 fully saturated rings. The third kappa shape index (κ3) is 3.43. The smallest absolute Gasteiger partial charge is 0.0224 e. The van der Waals surface area contributed by atoms with E-state index in [0.29, 0.717) is 6.04 Å². The fourth-order valence-corrected chi connectivity index (χ4v) is 1.96. The Balaban J connectivity index is 2.39. The summed E-state index contributed by atoms with van der Waals surface area (Å²) in [5.41, 5.74) is 0. The molecule has 1 rings (SSSR count). The highest BCUT2D eigenvalue weighted by Gasteiger charge is 2.31. The van der Waals surface area contributed by atoms with E-state index in [1.807, 2.05) is 6.08 Å². The van der Waals surface area contributed by atoms with Crippen LogP contribution in [0.3, 0.4) is 0 Å². The molecule has 0 heterocycles. The summed E-state index contributed by atoms with van der Waals surface area (Å²) in [5, 5.41) is 3.44. The van der Waals surface area contributed by atoms with Crippen LogP contribution < -0.4 is 5.32 Å². The van der Waals surface area contributed by atoms with Crippen LogP contribution in [0.5, 0.6) is 0 Å². The van der Waals surface area contributed by atoms with Gasteiger partial charge in [-0.25, -0.2) is 0 Å². The highest BCUT2D eigenvalue weighted by atomic mass is 15.2. The Labute approximate surface area is 88.4 Å². The van der Waals surface area contributed by atoms with Crippen molar-refractivity contribution in [1.82, 2.24) is 10.2 Å². The molecule has 0 aromatic carbocycles. The first-order valence-electron chi connectivity index (χ1n) is 5.90. The number of rotatable bonds is 8. The highest BCUT2D eigenvalue weighted by Crippen LogP contribution is 2.29. The monoisotopic (exact) mass is 196 g/mol. The van der Waals surface area contributed by atoms with Crippen LogP contribution in [-0.4, -0.2) is 36.6 Å². The van der Waals surface area contributed by atoms with Crippen LogP contribution >= 0.6 is 0 Å². The minimum absolute atomic E-state index is 0.695. The topological polar surface area (TPSA) is 15.3 Å². The van der Waals surface area contributed by atoms with Crippen molar-refractivity contribution in [2.45, 2.75) is 45.2 Å². The third-order valence-corrected chi connectivity index (χ3v) is 2.93. The van der Waals surface area contributed by atoms with E-state index in [-0.39, 0.29) is 0 Å². The predicted octanol–water partition coefficient (Wildman–Crippen LogP) is 2.02. The molecule has 0 amide bonds. The van der Waals surface area contributed by atoms with E-state index in [0.717, 1.165) is 25.7 Å². The van der Waals surface area contributed by atoms with Crippen LogP contribution in [0.2, 0.25) is 0 Å². The van der Waals surface area contributed by atoms with Crippen LogP contribution in [0.25, 0.3) is 0 Å². The highest BCUT2D eigenvalue weighted by molar-refractivity contribution is 4.92. The third-order valence-electron chi connectivity index (χ3n) is 2.93. The van der Waals surface area contributed by atoms with E-state index in [9.17, 15) is 0 Å². The number of likely N-dealkylation sites (N-methyl/N-ethyl adjacent to an activating group) is 1. The summed E-state index contributed by atoms with van der Waals surface area (Å²) in [6, 6.07) is 1.54. The SMILES string of the molecule is C=CCN(C1CC1)C(CC)CNCC. The molecule has 1 unspecified atom stereocenters. The fraction of sp³-hybridized carbons (Fsp3) is 0.833. The van der Waals surface area contributed by atoms with Gasteiger partial charge in [-0.3, -0.25) is 4.90 Å². The van der Waals surface area contributed by atoms with Gasteiger partial charge in [0.25, 0.3) is 0 Å². The molecule has 0 aromatic rings. The summed E-state index contributed by atoms with van der Waals surface area (Å²) in [6.45, 7) is 11.5. The average molecular weight is 196 g/mol. The van der Waals surface area contributed by atoms with Crippen molar-refractivity contribution in [3.63, 3.8) is 0 Å². The second kappa shape index (κ2) is 6.20. The lowest BCUT2D eigenvalue weighted by Crippen LogP contribution is -2.43. The molecule has 0 radical (unpaired) electrons. The molecule has 14 heavy (non-hydrogen) atoms. The van der Waals surface area contributed by atoms with E-state index < -0.39 is 0 Å². The summed E-state index contributed by atoms with van der Waals surface area (Å²) in [6.07, 6.45) is 6.04. The van der Waals surface area contributed by atoms with Crippen LogP contribution in [0.1, 0.15) is 33.1 Å². The minimum Gasteiger partial charge on any atom is -0.315 e. The van der Waals surface area contributed by atoms with Crippen molar-refractivity contribution in [2.24, 2.45) is 0 Å². The maximum atomic E-state index is 3.85. The van der Waals surface area contributed by atoms with Crippen LogP contribution in [0, 0.1) is 0 Å². The quantitative estimate of drug-likeness (QED) is 0.598. The van der Waals surface area contributed by atoms with Crippen molar-refractivity contribution in [2.75, 3.05) is 19.6 Å². The molecule has 0 bridgehead atoms. The molecule has 2 heteroatoms. The second-order valence-electron chi connectivity index (χ2n) is 4.09. The lowest BCUT2D eigenvalue weighted by molar-refractivity contribution is 0.197. The second-order valence-corrected chi connectivity index (χ2v) is 4.09. The van der Waals surface area contributed by atoms with E-state index in [4.69, 9.17) is 0 Å². The van der Waals surface area contributed by atoms with Crippen molar-refractivity contribution in [3.05, 3.63) is 12.7 Å². The van der Waals surface area contributed by atoms with Crippen LogP contribution in [-0.2, 0) is 0 Å². The van der Waals surface area contributed by atoms with Gasteiger partial charge >= 0.3 is 0 Å². The summed E-state index contributed by atoms with van der Waals surface area (Å²) < 4.78 is 0. The molecule has 0 saturated heterocycles. The predicted molar refractivity (Wildman–Crippen MR) is 62.5 cm³/mol. The summed E-state index contributed by atoms with van der Waals surface area (Å²) in [7, 11) is 0. The number of nitrogens with one attached hydrogen (secondary N) is 1. The molecular weight excluding hydrogens is 172 g/mol. The van der Waals surface area contributed by atoms with E-state index in [1.54, 1.807) is 0 Å². The Morgan fingerprint density at radius 1 is 1.50 bits per heavy atom. The van der Waals surface area contributed by atoms with Gasteiger partial charge in [0.05, 0.1) is 0 Å². The fourth-order valence-electron chi connectivity index (χ4n) is 1.96. The average Bonchev–Trinajstić information content (AvgIpc) is 3.00. The van der Waals surface area contributed by atoms with Crippen molar-refractivity contribution in [3.8, 4) is 0 Å². The zero-order chi connectivity index (χ0) is 10.4. The summed E-state index contributed by atoms with van der Waals surface area (Å²) in [4.78, 5) is 2.61. The van der Waals surface area contributed by atoms with E-state index in [1.165, 1.54) is 19.3 Å². The van der Waals surface area contributed by atoms with Crippen molar-refractivity contribution in [1.29, 1.82) is 0 Å². The molecule has 1 N–H and O–H groups in total. The molecule has 1 aliphatic carbocycles. The van der Waals surface area contributed by atoms with Gasteiger partial charge in [-0.2, -0.15) is 0 Å². The molecule has 1 atom stereocenters. The lowest BCUT2D eigenvalue weighted by atomic mass is 10.2. The van der Waals surface area contributed by atoms with Gasteiger partial charge in [-0.15, -0.1) is 6.58 Å². The Morgan fingerprint density at radius 3 is 2.64 bits per heavy atom. The van der Waals surface area contributed by atoms with Gasteiger partial charge in [0.2, 0.25) is 0 Å². The molecule has 0 spiro atoms. The molecule has 1 aliphatic rings. The standard InChI is InChI=1S/C12H24N2/c1-4-9-14(12-7-8-12)11(5-2)10-13-6-3/h4,11-13H,1,5-10H2,2-3H3. The van der Waals surface area contributed by atoms with E-state index >= 15 is 0 Å². The zero-order valence-electron chi connectivity index (χ0n) is 9.63. The van der Waals surface area contributed by atoms with Gasteiger partial charge in [-0.1, -0.05) is 19.9 Å². The van der Waals surface area contributed by atoms with Gasteiger partial charge < -0.3 is 5.32 Å². The molecule has 0 aromatic heterocycles. The van der Waals surface area contributed by atoms with Gasteiger partial charge in [-0.05, 0) is 25.8 Å². The maximum Gasteiger partial charge on any atom is 0.0224 e. The largest absolute Gasteiger partial charge is 0.315 e. The Morgan fingerprint density at radius 2 is 2.21 bits per heavy atom. The van der Waals surface area contributed by atoms with Gasteiger partial charge in [0.15, 0.2) is 0 Å². The molecule has 0 aliphatic heterocycles. The van der Waals surface area contributed by atoms with Crippen LogP contribution in [0.15, 0.2) is 12.7 Å². The summed E-state index contributed by atoms with van der Waals surface area (Å²) in [5.74, 6) is 0. The minimum atomic E-state index is 0.695. The molecule has 82 valence electrons. The van der Waals surface area contributed by atoms with Crippen molar-refractivity contribution < 1.29 is 0 Å².